The van der Waals surface area contributed by atoms with Gasteiger partial charge in [-0.3, -0.25) is 0 Å². The van der Waals surface area contributed by atoms with Gasteiger partial charge in [0.1, 0.15) is 0 Å². The third-order valence-electron chi connectivity index (χ3n) is 2.76. The van der Waals surface area contributed by atoms with Gasteiger partial charge in [-0.2, -0.15) is 0 Å². The zero-order valence-electron chi connectivity index (χ0n) is 9.17. The molecule has 0 bridgehead atoms. The summed E-state index contributed by atoms with van der Waals surface area (Å²) >= 11 is 0. The molecular weight excluding hydrogens is 156 g/mol. The smallest absolute Gasteiger partial charge is 0.0190 e. The van der Waals surface area contributed by atoms with E-state index in [9.17, 15) is 0 Å². The highest BCUT2D eigenvalue weighted by Gasteiger charge is 2.09. The summed E-state index contributed by atoms with van der Waals surface area (Å²) < 4.78 is 0. The first kappa shape index (κ1) is 10.3. The van der Waals surface area contributed by atoms with Gasteiger partial charge in [0.15, 0.2) is 0 Å². The van der Waals surface area contributed by atoms with E-state index in [1.165, 1.54) is 17.5 Å². The van der Waals surface area contributed by atoms with Crippen LogP contribution in [-0.4, -0.2) is 0 Å². The van der Waals surface area contributed by atoms with Gasteiger partial charge in [-0.25, -0.2) is 0 Å². The van der Waals surface area contributed by atoms with Gasteiger partial charge in [-0.1, -0.05) is 52.0 Å². The molecule has 0 saturated heterocycles. The summed E-state index contributed by atoms with van der Waals surface area (Å²) in [7, 11) is 0. The summed E-state index contributed by atoms with van der Waals surface area (Å²) in [5.41, 5.74) is 3.04. The molecule has 0 spiro atoms. The average molecular weight is 176 g/mol. The summed E-state index contributed by atoms with van der Waals surface area (Å²) in [6, 6.07) is 8.81. The number of hydrogen-bond acceptors (Lipinski definition) is 0. The van der Waals surface area contributed by atoms with Gasteiger partial charge in [0, 0.05) is 0 Å². The van der Waals surface area contributed by atoms with E-state index < -0.39 is 0 Å². The molecule has 1 atom stereocenters. The van der Waals surface area contributed by atoms with E-state index in [0.29, 0.717) is 11.8 Å². The lowest BCUT2D eigenvalue weighted by Gasteiger charge is -2.17. The van der Waals surface area contributed by atoms with E-state index in [1.54, 1.807) is 0 Å². The monoisotopic (exact) mass is 176 g/mol. The molecule has 0 fully saturated rings. The van der Waals surface area contributed by atoms with Crippen LogP contribution in [0.5, 0.6) is 0 Å². The van der Waals surface area contributed by atoms with Crippen molar-refractivity contribution in [2.45, 2.75) is 46.0 Å². The molecule has 0 aliphatic rings. The lowest BCUT2D eigenvalue weighted by molar-refractivity contribution is 0.708. The van der Waals surface area contributed by atoms with Crippen molar-refractivity contribution in [3.05, 3.63) is 35.4 Å². The summed E-state index contributed by atoms with van der Waals surface area (Å²) in [5.74, 6) is 1.34. The lowest BCUT2D eigenvalue weighted by Crippen LogP contribution is -1.99. The van der Waals surface area contributed by atoms with Crippen molar-refractivity contribution in [2.24, 2.45) is 0 Å². The van der Waals surface area contributed by atoms with Gasteiger partial charge in [-0.05, 0) is 29.4 Å². The lowest BCUT2D eigenvalue weighted by atomic mass is 9.89. The van der Waals surface area contributed by atoms with Crippen LogP contribution in [0.1, 0.15) is 57.1 Å². The fourth-order valence-corrected chi connectivity index (χ4v) is 1.71. The molecule has 0 aliphatic carbocycles. The molecule has 0 radical (unpaired) electrons. The molecule has 0 unspecified atom stereocenters. The van der Waals surface area contributed by atoms with Crippen molar-refractivity contribution in [3.63, 3.8) is 0 Å². The molecule has 1 aromatic rings. The molecule has 0 saturated carbocycles. The normalized spacial score (nSPS) is 13.3. The fraction of sp³-hybridized carbons (Fsp3) is 0.538. The summed E-state index contributed by atoms with van der Waals surface area (Å²) in [6.07, 6.45) is 1.23. The summed E-state index contributed by atoms with van der Waals surface area (Å²) in [6.45, 7) is 9.09. The third kappa shape index (κ3) is 2.33. The molecule has 1 aromatic carbocycles. The molecule has 0 heterocycles. The number of hydrogen-bond donors (Lipinski definition) is 0. The van der Waals surface area contributed by atoms with Crippen molar-refractivity contribution in [1.29, 1.82) is 0 Å². The Hall–Kier alpha value is -0.780. The minimum atomic E-state index is 0.644. The van der Waals surface area contributed by atoms with Crippen molar-refractivity contribution in [3.8, 4) is 0 Å². The van der Waals surface area contributed by atoms with Gasteiger partial charge in [0.25, 0.3) is 0 Å². The van der Waals surface area contributed by atoms with Crippen LogP contribution in [0.25, 0.3) is 0 Å². The molecule has 1 rings (SSSR count). The van der Waals surface area contributed by atoms with E-state index in [-0.39, 0.29) is 0 Å². The van der Waals surface area contributed by atoms with Gasteiger partial charge < -0.3 is 0 Å². The van der Waals surface area contributed by atoms with E-state index in [0.717, 1.165) is 0 Å². The maximum absolute atomic E-state index is 2.31. The summed E-state index contributed by atoms with van der Waals surface area (Å²) in [5, 5.41) is 0. The molecule has 0 amide bonds. The highest BCUT2D eigenvalue weighted by Crippen LogP contribution is 2.27. The molecule has 0 nitrogen and oxygen atoms in total. The first-order chi connectivity index (χ1) is 6.16. The molecule has 0 heteroatoms. The largest absolute Gasteiger partial charge is 0.0648 e. The first-order valence-corrected chi connectivity index (χ1v) is 5.25. The number of rotatable bonds is 3. The second kappa shape index (κ2) is 4.45. The van der Waals surface area contributed by atoms with Crippen LogP contribution in [-0.2, 0) is 0 Å². The van der Waals surface area contributed by atoms with E-state index in [2.05, 4.69) is 52.0 Å². The Morgan fingerprint density at radius 3 is 2.00 bits per heavy atom. The Morgan fingerprint density at radius 1 is 1.00 bits per heavy atom. The Bertz CT molecular complexity index is 260. The minimum absolute atomic E-state index is 0.644. The predicted octanol–water partition coefficient (Wildman–Crippen LogP) is 4.32. The van der Waals surface area contributed by atoms with Crippen molar-refractivity contribution < 1.29 is 0 Å². The fourth-order valence-electron chi connectivity index (χ4n) is 1.71. The SMILES string of the molecule is CC[C@@H](C)c1ccccc1C(C)C. The Morgan fingerprint density at radius 2 is 1.54 bits per heavy atom. The highest BCUT2D eigenvalue weighted by atomic mass is 14.1. The number of benzene rings is 1. The Balaban J connectivity index is 3.04. The van der Waals surface area contributed by atoms with Gasteiger partial charge in [0.2, 0.25) is 0 Å². The molecule has 0 aliphatic heterocycles. The van der Waals surface area contributed by atoms with Crippen molar-refractivity contribution >= 4 is 0 Å². The average Bonchev–Trinajstić information content (AvgIpc) is 2.16. The van der Waals surface area contributed by atoms with Crippen LogP contribution < -0.4 is 0 Å². The maximum atomic E-state index is 2.31. The first-order valence-electron chi connectivity index (χ1n) is 5.25. The van der Waals surface area contributed by atoms with E-state index in [4.69, 9.17) is 0 Å². The van der Waals surface area contributed by atoms with Gasteiger partial charge in [-0.15, -0.1) is 0 Å². The second-order valence-corrected chi connectivity index (χ2v) is 4.09. The summed E-state index contributed by atoms with van der Waals surface area (Å²) in [4.78, 5) is 0. The van der Waals surface area contributed by atoms with E-state index >= 15 is 0 Å². The van der Waals surface area contributed by atoms with Crippen LogP contribution in [0.2, 0.25) is 0 Å². The standard InChI is InChI=1S/C13H20/c1-5-11(4)13-9-7-6-8-12(13)10(2)3/h6-11H,5H2,1-4H3/t11-/m1/s1. The van der Waals surface area contributed by atoms with E-state index in [1.807, 2.05) is 0 Å². The van der Waals surface area contributed by atoms with Crippen LogP contribution >= 0.6 is 0 Å². The van der Waals surface area contributed by atoms with Crippen LogP contribution in [0.4, 0.5) is 0 Å². The highest BCUT2D eigenvalue weighted by molar-refractivity contribution is 5.32. The zero-order valence-corrected chi connectivity index (χ0v) is 9.17. The molecule has 72 valence electrons. The minimum Gasteiger partial charge on any atom is -0.0648 e. The molecular formula is C13H20. The Labute approximate surface area is 82.0 Å². The van der Waals surface area contributed by atoms with Gasteiger partial charge in [0.05, 0.1) is 0 Å². The third-order valence-corrected chi connectivity index (χ3v) is 2.76. The van der Waals surface area contributed by atoms with Crippen molar-refractivity contribution in [1.82, 2.24) is 0 Å². The molecule has 13 heavy (non-hydrogen) atoms. The maximum Gasteiger partial charge on any atom is -0.0190 e. The van der Waals surface area contributed by atoms with Crippen LogP contribution in [0.15, 0.2) is 24.3 Å². The topological polar surface area (TPSA) is 0 Å². The second-order valence-electron chi connectivity index (χ2n) is 4.09. The van der Waals surface area contributed by atoms with Crippen molar-refractivity contribution in [2.75, 3.05) is 0 Å². The Kier molecular flexibility index (Phi) is 3.53. The molecule has 0 N–H and O–H groups in total. The molecule has 0 aromatic heterocycles. The predicted molar refractivity (Wildman–Crippen MR) is 59.2 cm³/mol. The van der Waals surface area contributed by atoms with Gasteiger partial charge >= 0.3 is 0 Å². The van der Waals surface area contributed by atoms with Crippen LogP contribution in [0.3, 0.4) is 0 Å². The quantitative estimate of drug-likeness (QED) is 0.643. The van der Waals surface area contributed by atoms with Crippen LogP contribution in [0, 0.1) is 0 Å². The zero-order chi connectivity index (χ0) is 9.84.